The number of hydrogen-bond donors (Lipinski definition) is 2. The predicted octanol–water partition coefficient (Wildman–Crippen LogP) is 2.84. The Morgan fingerprint density at radius 1 is 1.53 bits per heavy atom. The lowest BCUT2D eigenvalue weighted by atomic mass is 10.2. The lowest BCUT2D eigenvalue weighted by Gasteiger charge is -2.09. The number of rotatable bonds is 3. The molecule has 1 aromatic heterocycles. The van der Waals surface area contributed by atoms with Crippen LogP contribution >= 0.6 is 0 Å². The summed E-state index contributed by atoms with van der Waals surface area (Å²) < 4.78 is 13.4. The molecule has 1 amide bonds. The molecule has 0 saturated carbocycles. The van der Waals surface area contributed by atoms with Gasteiger partial charge in [-0.05, 0) is 25.5 Å². The van der Waals surface area contributed by atoms with Crippen molar-refractivity contribution < 1.29 is 9.18 Å². The number of carbonyl (C=O) groups is 1. The van der Waals surface area contributed by atoms with Gasteiger partial charge in [-0.1, -0.05) is 19.1 Å². The monoisotopic (exact) mass is 234 g/mol. The Hall–Kier alpha value is -1.84. The minimum absolute atomic E-state index is 0.110. The molecular formula is C13H15FN2O. The van der Waals surface area contributed by atoms with Crippen LogP contribution < -0.4 is 5.32 Å². The van der Waals surface area contributed by atoms with Crippen LogP contribution in [0.3, 0.4) is 0 Å². The summed E-state index contributed by atoms with van der Waals surface area (Å²) in [6, 6.07) is 6.54. The molecule has 0 spiro atoms. The maximum Gasteiger partial charge on any atom is 0.267 e. The van der Waals surface area contributed by atoms with Gasteiger partial charge in [-0.25, -0.2) is 4.39 Å². The van der Waals surface area contributed by atoms with Gasteiger partial charge in [0, 0.05) is 11.4 Å². The van der Waals surface area contributed by atoms with Crippen LogP contribution in [0.2, 0.25) is 0 Å². The van der Waals surface area contributed by atoms with Crippen LogP contribution in [0.5, 0.6) is 0 Å². The lowest BCUT2D eigenvalue weighted by molar-refractivity contribution is 0.0935. The molecule has 90 valence electrons. The van der Waals surface area contributed by atoms with E-state index in [2.05, 4.69) is 10.3 Å². The highest BCUT2D eigenvalue weighted by molar-refractivity contribution is 5.98. The van der Waals surface area contributed by atoms with Crippen LogP contribution in [0, 0.1) is 5.82 Å². The van der Waals surface area contributed by atoms with E-state index in [1.807, 2.05) is 13.8 Å². The Morgan fingerprint density at radius 2 is 2.29 bits per heavy atom. The van der Waals surface area contributed by atoms with Crippen LogP contribution in [0.15, 0.2) is 24.3 Å². The maximum atomic E-state index is 13.4. The summed E-state index contributed by atoms with van der Waals surface area (Å²) in [6.45, 7) is 3.93. The number of halogens is 1. The molecule has 0 radical (unpaired) electrons. The lowest BCUT2D eigenvalue weighted by Crippen LogP contribution is -2.32. The third-order valence-electron chi connectivity index (χ3n) is 2.84. The summed E-state index contributed by atoms with van der Waals surface area (Å²) in [5.74, 6) is -0.542. The Labute approximate surface area is 99.0 Å². The zero-order valence-electron chi connectivity index (χ0n) is 9.88. The number of fused-ring (bicyclic) bond motifs is 1. The van der Waals surface area contributed by atoms with Gasteiger partial charge < -0.3 is 10.3 Å². The van der Waals surface area contributed by atoms with E-state index < -0.39 is 0 Å². The summed E-state index contributed by atoms with van der Waals surface area (Å²) >= 11 is 0. The predicted molar refractivity (Wildman–Crippen MR) is 65.5 cm³/mol. The van der Waals surface area contributed by atoms with Crippen molar-refractivity contribution in [1.82, 2.24) is 10.3 Å². The second-order valence-electron chi connectivity index (χ2n) is 4.17. The average molecular weight is 234 g/mol. The first kappa shape index (κ1) is 11.6. The highest BCUT2D eigenvalue weighted by atomic mass is 19.1. The molecule has 2 N–H and O–H groups in total. The molecule has 2 rings (SSSR count). The number of aromatic amines is 1. The summed E-state index contributed by atoms with van der Waals surface area (Å²) in [5.41, 5.74) is 0.771. The normalized spacial score (nSPS) is 12.6. The van der Waals surface area contributed by atoms with Gasteiger partial charge in [0.05, 0.1) is 5.52 Å². The van der Waals surface area contributed by atoms with Crippen LogP contribution in [-0.4, -0.2) is 16.9 Å². The fourth-order valence-corrected chi connectivity index (χ4v) is 1.65. The smallest absolute Gasteiger partial charge is 0.267 e. The highest BCUT2D eigenvalue weighted by Crippen LogP contribution is 2.18. The number of para-hydroxylation sites is 1. The van der Waals surface area contributed by atoms with Gasteiger partial charge in [0.15, 0.2) is 0 Å². The second-order valence-corrected chi connectivity index (χ2v) is 4.17. The first-order valence-electron chi connectivity index (χ1n) is 5.70. The van der Waals surface area contributed by atoms with Gasteiger partial charge >= 0.3 is 0 Å². The van der Waals surface area contributed by atoms with Crippen LogP contribution in [-0.2, 0) is 0 Å². The number of benzene rings is 1. The van der Waals surface area contributed by atoms with E-state index in [0.29, 0.717) is 16.6 Å². The van der Waals surface area contributed by atoms with Crippen molar-refractivity contribution in [3.8, 4) is 0 Å². The molecule has 2 aromatic rings. The molecular weight excluding hydrogens is 219 g/mol. The van der Waals surface area contributed by atoms with Gasteiger partial charge in [-0.15, -0.1) is 0 Å². The third kappa shape index (κ3) is 2.30. The standard InChI is InChI=1S/C13H15FN2O/c1-3-8(2)15-13(17)11-7-9-5-4-6-10(14)12(9)16-11/h4-8,16H,3H2,1-2H3,(H,15,17). The summed E-state index contributed by atoms with van der Waals surface area (Å²) in [4.78, 5) is 14.6. The molecule has 0 bridgehead atoms. The molecule has 4 heteroatoms. The Bertz CT molecular complexity index is 547. The maximum absolute atomic E-state index is 13.4. The number of hydrogen-bond acceptors (Lipinski definition) is 1. The van der Waals surface area contributed by atoms with Crippen molar-refractivity contribution in [2.45, 2.75) is 26.3 Å². The molecule has 1 aromatic carbocycles. The van der Waals surface area contributed by atoms with Crippen molar-refractivity contribution in [3.05, 3.63) is 35.8 Å². The van der Waals surface area contributed by atoms with Gasteiger partial charge in [0.2, 0.25) is 0 Å². The van der Waals surface area contributed by atoms with Gasteiger partial charge in [-0.3, -0.25) is 4.79 Å². The van der Waals surface area contributed by atoms with E-state index in [1.54, 1.807) is 18.2 Å². The second kappa shape index (κ2) is 4.57. The molecule has 17 heavy (non-hydrogen) atoms. The quantitative estimate of drug-likeness (QED) is 0.842. The molecule has 0 aliphatic carbocycles. The Kier molecular flexibility index (Phi) is 3.13. The van der Waals surface area contributed by atoms with E-state index in [1.165, 1.54) is 6.07 Å². The van der Waals surface area contributed by atoms with Gasteiger partial charge in [0.1, 0.15) is 11.5 Å². The molecule has 3 nitrogen and oxygen atoms in total. The summed E-state index contributed by atoms with van der Waals surface area (Å²) in [6.07, 6.45) is 0.861. The third-order valence-corrected chi connectivity index (χ3v) is 2.84. The minimum Gasteiger partial charge on any atom is -0.348 e. The Morgan fingerprint density at radius 3 is 2.94 bits per heavy atom. The summed E-state index contributed by atoms with van der Waals surface area (Å²) in [7, 11) is 0. The highest BCUT2D eigenvalue weighted by Gasteiger charge is 2.12. The number of carbonyl (C=O) groups excluding carboxylic acids is 1. The average Bonchev–Trinajstić information content (AvgIpc) is 2.74. The van der Waals surface area contributed by atoms with Crippen molar-refractivity contribution in [1.29, 1.82) is 0 Å². The molecule has 0 aliphatic heterocycles. The van der Waals surface area contributed by atoms with E-state index >= 15 is 0 Å². The van der Waals surface area contributed by atoms with Crippen LogP contribution in [0.25, 0.3) is 10.9 Å². The number of aromatic nitrogens is 1. The van der Waals surface area contributed by atoms with Gasteiger partial charge in [-0.2, -0.15) is 0 Å². The van der Waals surface area contributed by atoms with Crippen molar-refractivity contribution >= 4 is 16.8 Å². The fourth-order valence-electron chi connectivity index (χ4n) is 1.65. The van der Waals surface area contributed by atoms with E-state index in [4.69, 9.17) is 0 Å². The van der Waals surface area contributed by atoms with Crippen molar-refractivity contribution in [2.75, 3.05) is 0 Å². The summed E-state index contributed by atoms with van der Waals surface area (Å²) in [5, 5.41) is 3.54. The van der Waals surface area contributed by atoms with Crippen LogP contribution in [0.4, 0.5) is 4.39 Å². The topological polar surface area (TPSA) is 44.9 Å². The zero-order chi connectivity index (χ0) is 12.4. The molecule has 0 saturated heterocycles. The van der Waals surface area contributed by atoms with E-state index in [-0.39, 0.29) is 17.8 Å². The largest absolute Gasteiger partial charge is 0.348 e. The first-order chi connectivity index (χ1) is 8.11. The zero-order valence-corrected chi connectivity index (χ0v) is 9.88. The number of amides is 1. The first-order valence-corrected chi connectivity index (χ1v) is 5.70. The number of H-pyrrole nitrogens is 1. The minimum atomic E-state index is -0.343. The SMILES string of the molecule is CCC(C)NC(=O)c1cc2cccc(F)c2[nH]1. The molecule has 0 aliphatic rings. The number of nitrogens with one attached hydrogen (secondary N) is 2. The van der Waals surface area contributed by atoms with Gasteiger partial charge in [0.25, 0.3) is 5.91 Å². The molecule has 1 unspecified atom stereocenters. The van der Waals surface area contributed by atoms with E-state index in [0.717, 1.165) is 6.42 Å². The van der Waals surface area contributed by atoms with Crippen molar-refractivity contribution in [3.63, 3.8) is 0 Å². The molecule has 1 heterocycles. The Balaban J connectivity index is 2.30. The van der Waals surface area contributed by atoms with E-state index in [9.17, 15) is 9.18 Å². The van der Waals surface area contributed by atoms with Crippen molar-refractivity contribution in [2.24, 2.45) is 0 Å². The molecule has 0 fully saturated rings. The van der Waals surface area contributed by atoms with Crippen LogP contribution in [0.1, 0.15) is 30.8 Å². The fraction of sp³-hybridized carbons (Fsp3) is 0.308. The molecule has 1 atom stereocenters.